The van der Waals surface area contributed by atoms with Crippen LogP contribution in [0, 0.1) is 11.8 Å². The molecule has 0 saturated heterocycles. The molecule has 1 saturated carbocycles. The molecule has 4 aromatic rings. The number of likely N-dealkylation sites (N-methyl/N-ethyl adjacent to an activating group) is 1. The molecular weight excluding hydrogens is 653 g/mol. The summed E-state index contributed by atoms with van der Waals surface area (Å²) < 4.78 is 2.57. The average Bonchev–Trinajstić information content (AvgIpc) is 3.68. The molecule has 7 rings (SSSR count). The van der Waals surface area contributed by atoms with E-state index in [0.29, 0.717) is 23.9 Å². The number of nitrogens with zero attached hydrogens (tertiary/aromatic N) is 3. The number of fused-ring (bicyclic) bond motifs is 2. The van der Waals surface area contributed by atoms with Crippen LogP contribution in [0.1, 0.15) is 91.2 Å². The molecule has 0 amide bonds. The summed E-state index contributed by atoms with van der Waals surface area (Å²) in [6, 6.07) is 36.2. The van der Waals surface area contributed by atoms with Gasteiger partial charge in [-0.05, 0) is 132 Å². The van der Waals surface area contributed by atoms with E-state index in [9.17, 15) is 0 Å². The maximum Gasteiger partial charge on any atom is 0.209 e. The van der Waals surface area contributed by atoms with Crippen LogP contribution in [0.4, 0.5) is 22.7 Å². The minimum atomic E-state index is -0.0438. The van der Waals surface area contributed by atoms with Crippen LogP contribution in [0.25, 0.3) is 0 Å². The van der Waals surface area contributed by atoms with E-state index in [0.717, 1.165) is 29.6 Å². The summed E-state index contributed by atoms with van der Waals surface area (Å²) in [5, 5.41) is 1.66. The summed E-state index contributed by atoms with van der Waals surface area (Å²) in [5.74, 6) is 1.16. The van der Waals surface area contributed by atoms with Gasteiger partial charge in [0.05, 0.1) is 5.41 Å². The smallest absolute Gasteiger partial charge is 0.209 e. The highest BCUT2D eigenvalue weighted by Crippen LogP contribution is 2.51. The predicted molar refractivity (Wildman–Crippen MR) is 215 cm³/mol. The van der Waals surface area contributed by atoms with Crippen molar-refractivity contribution in [2.75, 3.05) is 22.9 Å². The first-order chi connectivity index (χ1) is 24.1. The zero-order valence-electron chi connectivity index (χ0n) is 30.8. The van der Waals surface area contributed by atoms with Crippen molar-refractivity contribution in [1.82, 2.24) is 0 Å². The second kappa shape index (κ2) is 14.0. The zero-order chi connectivity index (χ0) is 35.2. The first-order valence-electron chi connectivity index (χ1n) is 19.0. The highest BCUT2D eigenvalue weighted by atomic mass is 35.5. The van der Waals surface area contributed by atoms with Gasteiger partial charge in [0.15, 0.2) is 5.71 Å². The Balaban J connectivity index is 1.22. The summed E-state index contributed by atoms with van der Waals surface area (Å²) in [6.07, 6.45) is 7.16. The van der Waals surface area contributed by atoms with Gasteiger partial charge >= 0.3 is 0 Å². The molecule has 4 atom stereocenters. The predicted octanol–water partition coefficient (Wildman–Crippen LogP) is 12.4. The summed E-state index contributed by atoms with van der Waals surface area (Å²) in [7, 11) is 0. The van der Waals surface area contributed by atoms with Crippen molar-refractivity contribution >= 4 is 51.7 Å². The molecule has 3 nitrogen and oxygen atoms in total. The summed E-state index contributed by atoms with van der Waals surface area (Å²) in [5.41, 5.74) is 9.57. The zero-order valence-corrected chi connectivity index (χ0v) is 32.3. The fraction of sp³-hybridized carbons (Fsp3) is 0.444. The molecular formula is C45H54Cl2N3+. The normalized spacial score (nSPS) is 23.3. The van der Waals surface area contributed by atoms with E-state index in [1.165, 1.54) is 71.7 Å². The maximum absolute atomic E-state index is 6.57. The Bertz CT molecular complexity index is 1810. The summed E-state index contributed by atoms with van der Waals surface area (Å²) in [6.45, 7) is 16.2. The van der Waals surface area contributed by atoms with Gasteiger partial charge in [-0.25, -0.2) is 0 Å². The molecule has 3 aliphatic rings. The Kier molecular flexibility index (Phi) is 9.87. The monoisotopic (exact) mass is 706 g/mol. The van der Waals surface area contributed by atoms with Crippen LogP contribution < -0.4 is 9.80 Å². The average molecular weight is 708 g/mol. The van der Waals surface area contributed by atoms with Crippen LogP contribution in [0.5, 0.6) is 0 Å². The largest absolute Gasteiger partial charge is 0.368 e. The van der Waals surface area contributed by atoms with Gasteiger partial charge in [-0.1, -0.05) is 73.4 Å². The minimum Gasteiger partial charge on any atom is -0.368 e. The number of hydrogen-bond acceptors (Lipinski definition) is 2. The highest BCUT2D eigenvalue weighted by molar-refractivity contribution is 6.31. The van der Waals surface area contributed by atoms with Gasteiger partial charge < -0.3 is 9.80 Å². The topological polar surface area (TPSA) is 9.49 Å². The van der Waals surface area contributed by atoms with Gasteiger partial charge in [0.2, 0.25) is 5.69 Å². The number of hydrogen-bond donors (Lipinski definition) is 0. The molecule has 0 spiro atoms. The third-order valence-corrected chi connectivity index (χ3v) is 13.1. The van der Waals surface area contributed by atoms with Crippen LogP contribution in [-0.2, 0) is 10.8 Å². The molecule has 4 unspecified atom stereocenters. The van der Waals surface area contributed by atoms with Crippen molar-refractivity contribution in [2.45, 2.75) is 103 Å². The van der Waals surface area contributed by atoms with E-state index < -0.39 is 0 Å². The fourth-order valence-electron chi connectivity index (χ4n) is 10.2. The molecule has 4 aromatic carbocycles. The minimum absolute atomic E-state index is 0.0362. The molecule has 1 aliphatic carbocycles. The van der Waals surface area contributed by atoms with E-state index in [1.54, 1.807) is 0 Å². The maximum atomic E-state index is 6.57. The Morgan fingerprint density at radius 1 is 0.720 bits per heavy atom. The third-order valence-electron chi connectivity index (χ3n) is 12.6. The first-order valence-corrected chi connectivity index (χ1v) is 19.7. The molecule has 0 aromatic heterocycles. The van der Waals surface area contributed by atoms with Gasteiger partial charge in [0.1, 0.15) is 6.54 Å². The molecule has 50 heavy (non-hydrogen) atoms. The van der Waals surface area contributed by atoms with Crippen LogP contribution in [0.2, 0.25) is 10.0 Å². The third kappa shape index (κ3) is 6.17. The molecule has 0 radical (unpaired) electrons. The van der Waals surface area contributed by atoms with Crippen LogP contribution in [0.15, 0.2) is 97.1 Å². The quantitative estimate of drug-likeness (QED) is 0.144. The lowest BCUT2D eigenvalue weighted by Crippen LogP contribution is -2.43. The van der Waals surface area contributed by atoms with E-state index in [4.69, 9.17) is 23.2 Å². The Labute approximate surface area is 310 Å². The number of para-hydroxylation sites is 2. The molecule has 262 valence electrons. The molecule has 1 fully saturated rings. The van der Waals surface area contributed by atoms with Crippen LogP contribution in [-0.4, -0.2) is 35.5 Å². The van der Waals surface area contributed by atoms with E-state index in [1.807, 2.05) is 0 Å². The number of rotatable bonds is 11. The van der Waals surface area contributed by atoms with Gasteiger partial charge in [0, 0.05) is 69.2 Å². The van der Waals surface area contributed by atoms with Crippen molar-refractivity contribution in [3.63, 3.8) is 0 Å². The Hall–Kier alpha value is -3.27. The molecule has 0 bridgehead atoms. The molecule has 2 heterocycles. The number of halogens is 2. The van der Waals surface area contributed by atoms with E-state index >= 15 is 0 Å². The lowest BCUT2D eigenvalue weighted by atomic mass is 9.76. The number of benzene rings is 4. The lowest BCUT2D eigenvalue weighted by Gasteiger charge is -2.40. The summed E-state index contributed by atoms with van der Waals surface area (Å²) in [4.78, 5) is 5.37. The summed E-state index contributed by atoms with van der Waals surface area (Å²) >= 11 is 13.1. The molecule has 5 heteroatoms. The van der Waals surface area contributed by atoms with Crippen molar-refractivity contribution < 1.29 is 4.58 Å². The van der Waals surface area contributed by atoms with E-state index in [-0.39, 0.29) is 10.8 Å². The van der Waals surface area contributed by atoms with Crippen molar-refractivity contribution in [2.24, 2.45) is 11.8 Å². The molecule has 2 aliphatic heterocycles. The van der Waals surface area contributed by atoms with Crippen molar-refractivity contribution in [3.8, 4) is 0 Å². The van der Waals surface area contributed by atoms with Gasteiger partial charge in [-0.15, -0.1) is 0 Å². The SMILES string of the molecule is CCN1c2ccc(Cl)cc2C(C)(C)C1CCC1CCC(CCC2=[N+](CC)c3ccc(Cl)cc3C2(C)C)C1N(c1ccccc1)c1ccccc1. The van der Waals surface area contributed by atoms with Crippen LogP contribution in [0.3, 0.4) is 0 Å². The first kappa shape index (κ1) is 35.1. The fourth-order valence-corrected chi connectivity index (χ4v) is 10.5. The highest BCUT2D eigenvalue weighted by Gasteiger charge is 2.48. The number of anilines is 3. The van der Waals surface area contributed by atoms with Gasteiger partial charge in [-0.3, -0.25) is 0 Å². The molecule has 0 N–H and O–H groups in total. The Morgan fingerprint density at radius 3 is 1.90 bits per heavy atom. The standard InChI is InChI=1S/C45H54Cl2N3/c1-7-48-39-25-23-33(46)29-37(39)44(3,4)41(48)27-21-31-19-20-32(43(31)50(35-15-11-9-12-16-35)36-17-13-10-14-18-36)22-28-42-45(5,6)38-30-34(47)24-26-40(38)49(42)8-2/h9-18,23-26,29-32,41,43H,7-8,19-22,27-28H2,1-6H3/q+1. The van der Waals surface area contributed by atoms with Gasteiger partial charge in [-0.2, -0.15) is 4.58 Å². The Morgan fingerprint density at radius 2 is 1.30 bits per heavy atom. The second-order valence-corrected chi connectivity index (χ2v) is 16.8. The van der Waals surface area contributed by atoms with Gasteiger partial charge in [0.25, 0.3) is 0 Å². The second-order valence-electron chi connectivity index (χ2n) is 15.9. The lowest BCUT2D eigenvalue weighted by molar-refractivity contribution is -0.435. The van der Waals surface area contributed by atoms with E-state index in [2.05, 4.69) is 153 Å². The van der Waals surface area contributed by atoms with Crippen molar-refractivity contribution in [3.05, 3.63) is 118 Å². The van der Waals surface area contributed by atoms with Crippen LogP contribution >= 0.6 is 23.2 Å². The van der Waals surface area contributed by atoms with Crippen molar-refractivity contribution in [1.29, 1.82) is 0 Å².